The van der Waals surface area contributed by atoms with Crippen molar-refractivity contribution >= 4 is 11.7 Å². The molecule has 0 aromatic heterocycles. The lowest BCUT2D eigenvalue weighted by atomic mass is 10.1. The zero-order valence-electron chi connectivity index (χ0n) is 9.13. The molecule has 0 unspecified atom stereocenters. The number of hydrogen-bond donors (Lipinski definition) is 2. The zero-order valence-corrected chi connectivity index (χ0v) is 9.13. The first-order chi connectivity index (χ1) is 7.15. The Kier molecular flexibility index (Phi) is 3.92. The number of para-hydroxylation sites is 1. The molecule has 0 aliphatic carbocycles. The van der Waals surface area contributed by atoms with Crippen LogP contribution < -0.4 is 10.6 Å². The van der Waals surface area contributed by atoms with Gasteiger partial charge in [0.05, 0.1) is 0 Å². The fourth-order valence-corrected chi connectivity index (χ4v) is 1.33. The Morgan fingerprint density at radius 1 is 1.40 bits per heavy atom. The molecule has 80 valence electrons. The Bertz CT molecular complexity index is 352. The van der Waals surface area contributed by atoms with E-state index in [0.29, 0.717) is 6.54 Å². The lowest BCUT2D eigenvalue weighted by Gasteiger charge is -2.11. The van der Waals surface area contributed by atoms with Gasteiger partial charge in [-0.3, -0.25) is 0 Å². The van der Waals surface area contributed by atoms with Crippen LogP contribution in [0.25, 0.3) is 0 Å². The van der Waals surface area contributed by atoms with E-state index in [1.165, 1.54) is 0 Å². The minimum atomic E-state index is -0.202. The molecule has 0 saturated heterocycles. The van der Waals surface area contributed by atoms with Crippen LogP contribution in [-0.4, -0.2) is 12.6 Å². The predicted octanol–water partition coefficient (Wildman–Crippen LogP) is 2.61. The summed E-state index contributed by atoms with van der Waals surface area (Å²) in [7, 11) is 0. The molecule has 2 N–H and O–H groups in total. The first kappa shape index (κ1) is 11.3. The standard InChI is InChI=1S/C12H16N2O/c1-4-8-13-12(15)14-11-9(2)6-5-7-10(11)3/h4-7H,1,8H2,2-3H3,(H2,13,14,15). The molecule has 0 radical (unpaired) electrons. The van der Waals surface area contributed by atoms with E-state index in [-0.39, 0.29) is 6.03 Å². The van der Waals surface area contributed by atoms with Gasteiger partial charge in [0.2, 0.25) is 0 Å². The van der Waals surface area contributed by atoms with Crippen LogP contribution in [0.4, 0.5) is 10.5 Å². The molecule has 0 saturated carbocycles. The van der Waals surface area contributed by atoms with E-state index in [0.717, 1.165) is 16.8 Å². The van der Waals surface area contributed by atoms with Crippen LogP contribution in [-0.2, 0) is 0 Å². The molecule has 15 heavy (non-hydrogen) atoms. The molecule has 0 fully saturated rings. The highest BCUT2D eigenvalue weighted by Crippen LogP contribution is 2.18. The van der Waals surface area contributed by atoms with Crippen LogP contribution in [0.1, 0.15) is 11.1 Å². The fourth-order valence-electron chi connectivity index (χ4n) is 1.33. The third-order valence-electron chi connectivity index (χ3n) is 2.13. The summed E-state index contributed by atoms with van der Waals surface area (Å²) in [6, 6.07) is 5.70. The van der Waals surface area contributed by atoms with E-state index < -0.39 is 0 Å². The molecule has 0 atom stereocenters. The van der Waals surface area contributed by atoms with E-state index in [2.05, 4.69) is 17.2 Å². The van der Waals surface area contributed by atoms with Crippen LogP contribution in [0.5, 0.6) is 0 Å². The van der Waals surface area contributed by atoms with Gasteiger partial charge in [-0.25, -0.2) is 4.79 Å². The van der Waals surface area contributed by atoms with Crippen molar-refractivity contribution in [1.29, 1.82) is 0 Å². The smallest absolute Gasteiger partial charge is 0.319 e. The first-order valence-electron chi connectivity index (χ1n) is 4.87. The van der Waals surface area contributed by atoms with Crippen molar-refractivity contribution in [3.63, 3.8) is 0 Å². The number of carbonyl (C=O) groups is 1. The van der Waals surface area contributed by atoms with Gasteiger partial charge in [0.25, 0.3) is 0 Å². The largest absolute Gasteiger partial charge is 0.334 e. The number of carbonyl (C=O) groups excluding carboxylic acids is 1. The Labute approximate surface area is 90.2 Å². The fraction of sp³-hybridized carbons (Fsp3) is 0.250. The monoisotopic (exact) mass is 204 g/mol. The maximum absolute atomic E-state index is 11.4. The second kappa shape index (κ2) is 5.20. The maximum Gasteiger partial charge on any atom is 0.319 e. The van der Waals surface area contributed by atoms with E-state index >= 15 is 0 Å². The molecule has 0 aliphatic heterocycles. The first-order valence-corrected chi connectivity index (χ1v) is 4.87. The molecule has 1 aromatic rings. The zero-order chi connectivity index (χ0) is 11.3. The number of benzene rings is 1. The molecule has 3 heteroatoms. The van der Waals surface area contributed by atoms with Crippen LogP contribution >= 0.6 is 0 Å². The summed E-state index contributed by atoms with van der Waals surface area (Å²) in [6.45, 7) is 7.94. The molecular formula is C12H16N2O. The number of anilines is 1. The lowest BCUT2D eigenvalue weighted by Crippen LogP contribution is -2.29. The van der Waals surface area contributed by atoms with E-state index in [1.54, 1.807) is 6.08 Å². The molecular weight excluding hydrogens is 188 g/mol. The number of amides is 2. The molecule has 0 aliphatic rings. The molecule has 0 spiro atoms. The molecule has 0 heterocycles. The van der Waals surface area contributed by atoms with Crippen LogP contribution in [0.15, 0.2) is 30.9 Å². The topological polar surface area (TPSA) is 41.1 Å². The van der Waals surface area contributed by atoms with Crippen molar-refractivity contribution in [2.45, 2.75) is 13.8 Å². The third-order valence-corrected chi connectivity index (χ3v) is 2.13. The van der Waals surface area contributed by atoms with Crippen molar-refractivity contribution in [3.05, 3.63) is 42.0 Å². The van der Waals surface area contributed by atoms with Gasteiger partial charge < -0.3 is 10.6 Å². The number of nitrogens with one attached hydrogen (secondary N) is 2. The minimum Gasteiger partial charge on any atom is -0.334 e. The van der Waals surface area contributed by atoms with Gasteiger partial charge in [0, 0.05) is 12.2 Å². The Morgan fingerprint density at radius 2 is 2.00 bits per heavy atom. The SMILES string of the molecule is C=CCNC(=O)Nc1c(C)cccc1C. The Hall–Kier alpha value is -1.77. The summed E-state index contributed by atoms with van der Waals surface area (Å²) < 4.78 is 0. The summed E-state index contributed by atoms with van der Waals surface area (Å²) in [6.07, 6.45) is 1.64. The normalized spacial score (nSPS) is 9.47. The number of urea groups is 1. The van der Waals surface area contributed by atoms with Crippen molar-refractivity contribution in [1.82, 2.24) is 5.32 Å². The highest BCUT2D eigenvalue weighted by atomic mass is 16.2. The summed E-state index contributed by atoms with van der Waals surface area (Å²) in [5.74, 6) is 0. The molecule has 2 amide bonds. The summed E-state index contributed by atoms with van der Waals surface area (Å²) >= 11 is 0. The summed E-state index contributed by atoms with van der Waals surface area (Å²) in [5, 5.41) is 5.48. The number of aryl methyl sites for hydroxylation is 2. The molecule has 3 nitrogen and oxygen atoms in total. The van der Waals surface area contributed by atoms with E-state index in [9.17, 15) is 4.79 Å². The molecule has 1 aromatic carbocycles. The third kappa shape index (κ3) is 3.13. The summed E-state index contributed by atoms with van der Waals surface area (Å²) in [4.78, 5) is 11.4. The van der Waals surface area contributed by atoms with Gasteiger partial charge >= 0.3 is 6.03 Å². The second-order valence-corrected chi connectivity index (χ2v) is 3.39. The maximum atomic E-state index is 11.4. The average Bonchev–Trinajstić information content (AvgIpc) is 2.21. The quantitative estimate of drug-likeness (QED) is 0.730. The van der Waals surface area contributed by atoms with Crippen molar-refractivity contribution in [2.75, 3.05) is 11.9 Å². The van der Waals surface area contributed by atoms with Gasteiger partial charge in [-0.2, -0.15) is 0 Å². The second-order valence-electron chi connectivity index (χ2n) is 3.39. The van der Waals surface area contributed by atoms with E-state index in [4.69, 9.17) is 0 Å². The number of rotatable bonds is 3. The highest BCUT2D eigenvalue weighted by molar-refractivity contribution is 5.91. The Morgan fingerprint density at radius 3 is 2.53 bits per heavy atom. The van der Waals surface area contributed by atoms with Gasteiger partial charge in [-0.15, -0.1) is 6.58 Å². The van der Waals surface area contributed by atoms with Gasteiger partial charge in [-0.05, 0) is 25.0 Å². The van der Waals surface area contributed by atoms with Crippen molar-refractivity contribution in [2.24, 2.45) is 0 Å². The average molecular weight is 204 g/mol. The van der Waals surface area contributed by atoms with E-state index in [1.807, 2.05) is 32.0 Å². The van der Waals surface area contributed by atoms with Gasteiger partial charge in [0.15, 0.2) is 0 Å². The lowest BCUT2D eigenvalue weighted by molar-refractivity contribution is 0.253. The van der Waals surface area contributed by atoms with Crippen LogP contribution in [0.3, 0.4) is 0 Å². The predicted molar refractivity (Wildman–Crippen MR) is 63.1 cm³/mol. The van der Waals surface area contributed by atoms with Crippen molar-refractivity contribution < 1.29 is 4.79 Å². The summed E-state index contributed by atoms with van der Waals surface area (Å²) in [5.41, 5.74) is 2.99. The van der Waals surface area contributed by atoms with Crippen LogP contribution in [0, 0.1) is 13.8 Å². The Balaban J connectivity index is 2.71. The van der Waals surface area contributed by atoms with Gasteiger partial charge in [0.1, 0.15) is 0 Å². The van der Waals surface area contributed by atoms with Crippen LogP contribution in [0.2, 0.25) is 0 Å². The molecule has 0 bridgehead atoms. The minimum absolute atomic E-state index is 0.202. The molecule has 1 rings (SSSR count). The number of hydrogen-bond acceptors (Lipinski definition) is 1. The highest BCUT2D eigenvalue weighted by Gasteiger charge is 2.05. The van der Waals surface area contributed by atoms with Crippen molar-refractivity contribution in [3.8, 4) is 0 Å². The van der Waals surface area contributed by atoms with Gasteiger partial charge in [-0.1, -0.05) is 24.3 Å².